The number of fused-ring (bicyclic) bond motifs is 1. The van der Waals surface area contributed by atoms with Crippen molar-refractivity contribution in [3.63, 3.8) is 0 Å². The number of nitrogens with zero attached hydrogens (tertiary/aromatic N) is 4. The van der Waals surface area contributed by atoms with E-state index in [2.05, 4.69) is 23.9 Å². The Balaban J connectivity index is 2.30. The molecule has 1 aromatic carbocycles. The van der Waals surface area contributed by atoms with Crippen molar-refractivity contribution in [2.45, 2.75) is 27.2 Å². The van der Waals surface area contributed by atoms with Crippen molar-refractivity contribution in [1.82, 2.24) is 19.5 Å². The van der Waals surface area contributed by atoms with Gasteiger partial charge in [-0.15, -0.1) is 4.73 Å². The van der Waals surface area contributed by atoms with Crippen LogP contribution in [0.5, 0.6) is 0 Å². The zero-order valence-electron chi connectivity index (χ0n) is 13.8. The van der Waals surface area contributed by atoms with Crippen molar-refractivity contribution in [3.8, 4) is 5.95 Å². The molecule has 2 heterocycles. The second-order valence-corrected chi connectivity index (χ2v) is 6.00. The van der Waals surface area contributed by atoms with Crippen LogP contribution in [0.4, 0.5) is 0 Å². The standard InChI is InChI=1S/C17H20N4O2/c1-11(2)9-13-10-12(3)19-20(13)17-18-15-8-6-5-7-14(15)16(22)21(17)23-4/h5-8,10-11H,9H2,1-4H3. The predicted octanol–water partition coefficient (Wildman–Crippen LogP) is 2.15. The Morgan fingerprint density at radius 3 is 2.70 bits per heavy atom. The van der Waals surface area contributed by atoms with Gasteiger partial charge >= 0.3 is 0 Å². The molecular formula is C17H20N4O2. The Hall–Kier alpha value is -2.63. The molecule has 120 valence electrons. The number of hydrogen-bond acceptors (Lipinski definition) is 4. The summed E-state index contributed by atoms with van der Waals surface area (Å²) in [5.41, 5.74) is 2.28. The van der Waals surface area contributed by atoms with Crippen LogP contribution in [0, 0.1) is 12.8 Å². The van der Waals surface area contributed by atoms with Gasteiger partial charge in [-0.2, -0.15) is 5.10 Å². The van der Waals surface area contributed by atoms with Crippen LogP contribution in [0.15, 0.2) is 35.1 Å². The molecule has 0 bridgehead atoms. The summed E-state index contributed by atoms with van der Waals surface area (Å²) in [4.78, 5) is 22.5. The number of benzene rings is 1. The Bertz CT molecular complexity index is 909. The Morgan fingerprint density at radius 2 is 2.00 bits per heavy atom. The Kier molecular flexibility index (Phi) is 3.90. The molecule has 0 unspecified atom stereocenters. The number of para-hydroxylation sites is 1. The fourth-order valence-corrected chi connectivity index (χ4v) is 2.69. The lowest BCUT2D eigenvalue weighted by atomic mass is 10.1. The maximum atomic E-state index is 12.7. The van der Waals surface area contributed by atoms with Crippen molar-refractivity contribution in [2.75, 3.05) is 7.11 Å². The van der Waals surface area contributed by atoms with Crippen molar-refractivity contribution < 1.29 is 4.84 Å². The normalized spacial score (nSPS) is 11.3. The van der Waals surface area contributed by atoms with Gasteiger partial charge in [-0.1, -0.05) is 26.0 Å². The highest BCUT2D eigenvalue weighted by Crippen LogP contribution is 2.16. The topological polar surface area (TPSA) is 61.9 Å². The zero-order chi connectivity index (χ0) is 16.6. The highest BCUT2D eigenvalue weighted by molar-refractivity contribution is 5.77. The lowest BCUT2D eigenvalue weighted by Crippen LogP contribution is -2.31. The Labute approximate surface area is 134 Å². The van der Waals surface area contributed by atoms with Crippen LogP contribution in [0.2, 0.25) is 0 Å². The molecule has 0 aliphatic carbocycles. The van der Waals surface area contributed by atoms with Gasteiger partial charge in [-0.3, -0.25) is 4.79 Å². The number of aryl methyl sites for hydroxylation is 1. The smallest absolute Gasteiger partial charge is 0.295 e. The van der Waals surface area contributed by atoms with Crippen LogP contribution in [0.1, 0.15) is 25.2 Å². The lowest BCUT2D eigenvalue weighted by Gasteiger charge is -2.14. The first-order valence-corrected chi connectivity index (χ1v) is 7.63. The van der Waals surface area contributed by atoms with Gasteiger partial charge in [-0.25, -0.2) is 9.67 Å². The third kappa shape index (κ3) is 2.72. The molecule has 0 amide bonds. The van der Waals surface area contributed by atoms with E-state index in [1.54, 1.807) is 10.7 Å². The van der Waals surface area contributed by atoms with Gasteiger partial charge < -0.3 is 4.84 Å². The molecule has 0 atom stereocenters. The van der Waals surface area contributed by atoms with E-state index in [-0.39, 0.29) is 5.56 Å². The van der Waals surface area contributed by atoms with Crippen LogP contribution >= 0.6 is 0 Å². The van der Waals surface area contributed by atoms with Crippen molar-refractivity contribution >= 4 is 10.9 Å². The number of hydrogen-bond donors (Lipinski definition) is 0. The van der Waals surface area contributed by atoms with Gasteiger partial charge in [-0.05, 0) is 37.5 Å². The largest absolute Gasteiger partial charge is 0.411 e. The second kappa shape index (κ2) is 5.87. The fraction of sp³-hybridized carbons (Fsp3) is 0.353. The van der Waals surface area contributed by atoms with Crippen molar-refractivity contribution in [3.05, 3.63) is 52.1 Å². The van der Waals surface area contributed by atoms with Crippen LogP contribution in [0.3, 0.4) is 0 Å². The highest BCUT2D eigenvalue weighted by Gasteiger charge is 2.17. The first kappa shape index (κ1) is 15.3. The summed E-state index contributed by atoms with van der Waals surface area (Å²) in [5, 5.41) is 5.03. The summed E-state index contributed by atoms with van der Waals surface area (Å²) >= 11 is 0. The van der Waals surface area contributed by atoms with E-state index in [1.807, 2.05) is 31.2 Å². The average Bonchev–Trinajstić information content (AvgIpc) is 2.86. The third-order valence-electron chi connectivity index (χ3n) is 3.62. The molecule has 0 N–H and O–H groups in total. The second-order valence-electron chi connectivity index (χ2n) is 6.00. The minimum absolute atomic E-state index is 0.239. The minimum atomic E-state index is -0.239. The summed E-state index contributed by atoms with van der Waals surface area (Å²) in [7, 11) is 1.46. The van der Waals surface area contributed by atoms with E-state index in [4.69, 9.17) is 4.84 Å². The van der Waals surface area contributed by atoms with E-state index in [0.29, 0.717) is 22.8 Å². The fourth-order valence-electron chi connectivity index (χ4n) is 2.69. The van der Waals surface area contributed by atoms with Gasteiger partial charge in [0, 0.05) is 5.69 Å². The molecule has 6 heteroatoms. The SMILES string of the molecule is COn1c(-n2nc(C)cc2CC(C)C)nc2ccccc2c1=O. The van der Waals surface area contributed by atoms with Crippen LogP contribution in [-0.4, -0.2) is 26.6 Å². The Morgan fingerprint density at radius 1 is 1.26 bits per heavy atom. The molecule has 0 radical (unpaired) electrons. The molecule has 0 aliphatic rings. The molecule has 3 aromatic rings. The molecule has 0 spiro atoms. The van der Waals surface area contributed by atoms with E-state index in [0.717, 1.165) is 17.8 Å². The van der Waals surface area contributed by atoms with E-state index < -0.39 is 0 Å². The van der Waals surface area contributed by atoms with Gasteiger partial charge in [0.2, 0.25) is 0 Å². The van der Waals surface area contributed by atoms with Gasteiger partial charge in [0.05, 0.1) is 16.6 Å². The van der Waals surface area contributed by atoms with Crippen molar-refractivity contribution in [1.29, 1.82) is 0 Å². The quantitative estimate of drug-likeness (QED) is 0.740. The van der Waals surface area contributed by atoms with Crippen LogP contribution in [0.25, 0.3) is 16.9 Å². The van der Waals surface area contributed by atoms with Gasteiger partial charge in [0.15, 0.2) is 0 Å². The molecule has 0 fully saturated rings. The van der Waals surface area contributed by atoms with Gasteiger partial charge in [0.25, 0.3) is 11.5 Å². The monoisotopic (exact) mass is 312 g/mol. The predicted molar refractivity (Wildman–Crippen MR) is 88.9 cm³/mol. The van der Waals surface area contributed by atoms with Crippen molar-refractivity contribution in [2.24, 2.45) is 5.92 Å². The maximum Gasteiger partial charge on any atom is 0.295 e. The van der Waals surface area contributed by atoms with Crippen LogP contribution in [-0.2, 0) is 6.42 Å². The molecule has 0 saturated carbocycles. The minimum Gasteiger partial charge on any atom is -0.411 e. The zero-order valence-corrected chi connectivity index (χ0v) is 13.8. The molecule has 23 heavy (non-hydrogen) atoms. The number of rotatable bonds is 4. The number of aromatic nitrogens is 4. The summed E-state index contributed by atoms with van der Waals surface area (Å²) in [6.45, 7) is 6.21. The summed E-state index contributed by atoms with van der Waals surface area (Å²) in [6.07, 6.45) is 0.841. The molecule has 6 nitrogen and oxygen atoms in total. The summed E-state index contributed by atoms with van der Waals surface area (Å²) < 4.78 is 2.89. The molecule has 2 aromatic heterocycles. The first-order valence-electron chi connectivity index (χ1n) is 7.63. The van der Waals surface area contributed by atoms with Crippen LogP contribution < -0.4 is 10.4 Å². The lowest BCUT2D eigenvalue weighted by molar-refractivity contribution is 0.152. The molecule has 0 saturated heterocycles. The average molecular weight is 312 g/mol. The first-order chi connectivity index (χ1) is 11.0. The summed E-state index contributed by atoms with van der Waals surface area (Å²) in [5.74, 6) is 0.841. The van der Waals surface area contributed by atoms with E-state index in [1.165, 1.54) is 11.8 Å². The molecular weight excluding hydrogens is 292 g/mol. The van der Waals surface area contributed by atoms with Gasteiger partial charge in [0.1, 0.15) is 7.11 Å². The molecule has 3 rings (SSSR count). The summed E-state index contributed by atoms with van der Waals surface area (Å²) in [6, 6.07) is 9.25. The van der Waals surface area contributed by atoms with E-state index >= 15 is 0 Å². The third-order valence-corrected chi connectivity index (χ3v) is 3.62. The molecule has 0 aliphatic heterocycles. The van der Waals surface area contributed by atoms with E-state index in [9.17, 15) is 4.79 Å². The highest BCUT2D eigenvalue weighted by atomic mass is 16.7. The maximum absolute atomic E-state index is 12.7.